The molecular formula is C22H28N8O. The molecule has 0 spiro atoms. The van der Waals surface area contributed by atoms with E-state index in [2.05, 4.69) is 42.3 Å². The molecule has 1 N–H and O–H groups in total. The summed E-state index contributed by atoms with van der Waals surface area (Å²) in [5.74, 6) is 1.52. The molecular weight excluding hydrogens is 392 g/mol. The van der Waals surface area contributed by atoms with E-state index in [4.69, 9.17) is 0 Å². The Labute approximate surface area is 182 Å². The Hall–Kier alpha value is -3.46. The lowest BCUT2D eigenvalue weighted by atomic mass is 10.2. The number of carbonyl (C=O) groups is 1. The zero-order chi connectivity index (χ0) is 21.8. The van der Waals surface area contributed by atoms with Crippen molar-refractivity contribution in [3.63, 3.8) is 0 Å². The summed E-state index contributed by atoms with van der Waals surface area (Å²) in [5.41, 5.74) is 2.94. The number of anilines is 2. The normalized spacial score (nSPS) is 14.2. The Morgan fingerprint density at radius 2 is 1.94 bits per heavy atom. The first-order valence-corrected chi connectivity index (χ1v) is 10.4. The standard InChI is InChI=1S/C22H28N8O/c1-17-15-30(19-5-4-8-23-14-19)26-21(17)25-22(31)29-11-9-28(10-12-29)20-7-6-18(13-24-20)16-27(2)3/h4-8,13-15H,9-12,16H2,1-3H3,(H,25,26,31). The maximum atomic E-state index is 12.8. The smallest absolute Gasteiger partial charge is 0.323 e. The van der Waals surface area contributed by atoms with Crippen LogP contribution in [0.2, 0.25) is 0 Å². The minimum Gasteiger partial charge on any atom is -0.353 e. The summed E-state index contributed by atoms with van der Waals surface area (Å²) in [6.45, 7) is 5.56. The number of amides is 2. The number of pyridine rings is 2. The molecule has 0 radical (unpaired) electrons. The number of aromatic nitrogens is 4. The van der Waals surface area contributed by atoms with Crippen LogP contribution in [0.1, 0.15) is 11.1 Å². The molecule has 3 aromatic rings. The third-order valence-electron chi connectivity index (χ3n) is 5.23. The van der Waals surface area contributed by atoms with E-state index in [1.165, 1.54) is 5.56 Å². The highest BCUT2D eigenvalue weighted by atomic mass is 16.2. The van der Waals surface area contributed by atoms with Crippen molar-refractivity contribution in [2.24, 2.45) is 0 Å². The first-order valence-electron chi connectivity index (χ1n) is 10.4. The van der Waals surface area contributed by atoms with Crippen LogP contribution in [0.3, 0.4) is 0 Å². The molecule has 4 heterocycles. The number of hydrogen-bond acceptors (Lipinski definition) is 6. The Morgan fingerprint density at radius 1 is 1.13 bits per heavy atom. The fourth-order valence-corrected chi connectivity index (χ4v) is 3.59. The molecule has 0 aliphatic carbocycles. The van der Waals surface area contributed by atoms with Crippen LogP contribution >= 0.6 is 0 Å². The van der Waals surface area contributed by atoms with Gasteiger partial charge in [0.2, 0.25) is 0 Å². The molecule has 4 rings (SSSR count). The van der Waals surface area contributed by atoms with Crippen LogP contribution in [-0.2, 0) is 6.54 Å². The summed E-state index contributed by atoms with van der Waals surface area (Å²) in [6, 6.07) is 7.82. The summed E-state index contributed by atoms with van der Waals surface area (Å²) in [6.07, 6.45) is 7.26. The molecule has 9 heteroatoms. The molecule has 0 saturated carbocycles. The van der Waals surface area contributed by atoms with Gasteiger partial charge in [0.25, 0.3) is 0 Å². The monoisotopic (exact) mass is 420 g/mol. The molecule has 0 aromatic carbocycles. The van der Waals surface area contributed by atoms with Crippen LogP contribution in [0.4, 0.5) is 16.4 Å². The molecule has 0 bridgehead atoms. The van der Waals surface area contributed by atoms with Gasteiger partial charge in [0.1, 0.15) is 5.82 Å². The van der Waals surface area contributed by atoms with Crippen molar-refractivity contribution in [1.82, 2.24) is 29.5 Å². The van der Waals surface area contributed by atoms with Crippen LogP contribution < -0.4 is 10.2 Å². The van der Waals surface area contributed by atoms with E-state index >= 15 is 0 Å². The zero-order valence-electron chi connectivity index (χ0n) is 18.2. The highest BCUT2D eigenvalue weighted by Crippen LogP contribution is 2.18. The fraction of sp³-hybridized carbons (Fsp3) is 0.364. The maximum Gasteiger partial charge on any atom is 0.323 e. The second kappa shape index (κ2) is 9.13. The Balaban J connectivity index is 1.33. The first kappa shape index (κ1) is 20.8. The molecule has 1 fully saturated rings. The number of aryl methyl sites for hydroxylation is 1. The van der Waals surface area contributed by atoms with Crippen molar-refractivity contribution < 1.29 is 4.79 Å². The number of nitrogens with one attached hydrogen (secondary N) is 1. The quantitative estimate of drug-likeness (QED) is 0.683. The van der Waals surface area contributed by atoms with Crippen LogP contribution in [0.15, 0.2) is 49.1 Å². The lowest BCUT2D eigenvalue weighted by molar-refractivity contribution is 0.208. The summed E-state index contributed by atoms with van der Waals surface area (Å²) in [7, 11) is 4.09. The number of rotatable bonds is 5. The minimum atomic E-state index is -0.131. The van der Waals surface area contributed by atoms with Crippen LogP contribution in [0.25, 0.3) is 5.69 Å². The molecule has 1 saturated heterocycles. The molecule has 9 nitrogen and oxygen atoms in total. The molecule has 162 valence electrons. The lowest BCUT2D eigenvalue weighted by Crippen LogP contribution is -2.50. The summed E-state index contributed by atoms with van der Waals surface area (Å²) >= 11 is 0. The van der Waals surface area contributed by atoms with E-state index in [1.54, 1.807) is 17.1 Å². The summed E-state index contributed by atoms with van der Waals surface area (Å²) < 4.78 is 1.72. The predicted octanol–water partition coefficient (Wildman–Crippen LogP) is 2.39. The van der Waals surface area contributed by atoms with Crippen molar-refractivity contribution in [1.29, 1.82) is 0 Å². The minimum absolute atomic E-state index is 0.131. The SMILES string of the molecule is Cc1cn(-c2cccnc2)nc1NC(=O)N1CCN(c2ccc(CN(C)C)cn2)CC1. The molecule has 2 amide bonds. The van der Waals surface area contributed by atoms with E-state index < -0.39 is 0 Å². The Kier molecular flexibility index (Phi) is 6.13. The molecule has 0 unspecified atom stereocenters. The lowest BCUT2D eigenvalue weighted by Gasteiger charge is -2.35. The number of nitrogens with zero attached hydrogens (tertiary/aromatic N) is 7. The topological polar surface area (TPSA) is 82.4 Å². The largest absolute Gasteiger partial charge is 0.353 e. The predicted molar refractivity (Wildman–Crippen MR) is 121 cm³/mol. The van der Waals surface area contributed by atoms with Gasteiger partial charge < -0.3 is 14.7 Å². The Bertz CT molecular complexity index is 1010. The van der Waals surface area contributed by atoms with Gasteiger partial charge in [-0.05, 0) is 44.8 Å². The fourth-order valence-electron chi connectivity index (χ4n) is 3.59. The molecule has 0 atom stereocenters. The van der Waals surface area contributed by atoms with Crippen molar-refractivity contribution in [2.75, 3.05) is 50.5 Å². The van der Waals surface area contributed by atoms with Crippen LogP contribution in [0.5, 0.6) is 0 Å². The Morgan fingerprint density at radius 3 is 2.58 bits per heavy atom. The third-order valence-corrected chi connectivity index (χ3v) is 5.23. The number of carbonyl (C=O) groups excluding carboxylic acids is 1. The second-order valence-corrected chi connectivity index (χ2v) is 7.98. The van der Waals surface area contributed by atoms with Gasteiger partial charge in [0, 0.05) is 56.9 Å². The van der Waals surface area contributed by atoms with Crippen LogP contribution in [-0.4, -0.2) is 75.9 Å². The number of piperazine rings is 1. The van der Waals surface area contributed by atoms with Gasteiger partial charge in [-0.2, -0.15) is 0 Å². The van der Waals surface area contributed by atoms with Crippen molar-refractivity contribution in [2.45, 2.75) is 13.5 Å². The van der Waals surface area contributed by atoms with E-state index in [1.807, 2.05) is 50.4 Å². The van der Waals surface area contributed by atoms with Gasteiger partial charge in [0.15, 0.2) is 5.82 Å². The average Bonchev–Trinajstić information content (AvgIpc) is 3.15. The van der Waals surface area contributed by atoms with E-state index in [0.29, 0.717) is 18.9 Å². The van der Waals surface area contributed by atoms with Crippen LogP contribution in [0, 0.1) is 6.92 Å². The highest BCUT2D eigenvalue weighted by Gasteiger charge is 2.23. The number of urea groups is 1. The van der Waals surface area contributed by atoms with Crippen molar-refractivity contribution >= 4 is 17.7 Å². The molecule has 1 aliphatic rings. The average molecular weight is 421 g/mol. The highest BCUT2D eigenvalue weighted by molar-refractivity contribution is 5.89. The van der Waals surface area contributed by atoms with Crippen molar-refractivity contribution in [3.05, 3.63) is 60.2 Å². The second-order valence-electron chi connectivity index (χ2n) is 7.98. The number of hydrogen-bond donors (Lipinski definition) is 1. The van der Waals surface area contributed by atoms with E-state index in [0.717, 1.165) is 36.7 Å². The van der Waals surface area contributed by atoms with Gasteiger partial charge in [-0.15, -0.1) is 5.10 Å². The summed E-state index contributed by atoms with van der Waals surface area (Å²) in [4.78, 5) is 27.6. The van der Waals surface area contributed by atoms with Crippen molar-refractivity contribution in [3.8, 4) is 5.69 Å². The summed E-state index contributed by atoms with van der Waals surface area (Å²) in [5, 5.41) is 7.45. The van der Waals surface area contributed by atoms with Gasteiger partial charge >= 0.3 is 6.03 Å². The van der Waals surface area contributed by atoms with Gasteiger partial charge in [0.05, 0.1) is 11.9 Å². The van der Waals surface area contributed by atoms with Gasteiger partial charge in [-0.1, -0.05) is 6.07 Å². The zero-order valence-corrected chi connectivity index (χ0v) is 18.2. The van der Waals surface area contributed by atoms with E-state index in [-0.39, 0.29) is 6.03 Å². The van der Waals surface area contributed by atoms with Gasteiger partial charge in [-0.3, -0.25) is 10.3 Å². The first-order chi connectivity index (χ1) is 15.0. The molecule has 1 aliphatic heterocycles. The molecule has 31 heavy (non-hydrogen) atoms. The molecule has 3 aromatic heterocycles. The third kappa shape index (κ3) is 5.00. The van der Waals surface area contributed by atoms with Gasteiger partial charge in [-0.25, -0.2) is 14.5 Å². The van der Waals surface area contributed by atoms with E-state index in [9.17, 15) is 4.79 Å². The maximum absolute atomic E-state index is 12.8.